The van der Waals surface area contributed by atoms with Gasteiger partial charge in [0.15, 0.2) is 0 Å². The number of nitrogens with one attached hydrogen (secondary N) is 1. The third-order valence-corrected chi connectivity index (χ3v) is 4.53. The average Bonchev–Trinajstić information content (AvgIpc) is 2.59. The molecule has 1 heterocycles. The fourth-order valence-electron chi connectivity index (χ4n) is 2.80. The van der Waals surface area contributed by atoms with E-state index >= 15 is 0 Å². The van der Waals surface area contributed by atoms with E-state index in [1.807, 2.05) is 19.1 Å². The van der Waals surface area contributed by atoms with Gasteiger partial charge in [0.05, 0.1) is 10.7 Å². The lowest BCUT2D eigenvalue weighted by atomic mass is 10.2. The van der Waals surface area contributed by atoms with E-state index < -0.39 is 0 Å². The lowest BCUT2D eigenvalue weighted by molar-refractivity contribution is 0.208. The van der Waals surface area contributed by atoms with Gasteiger partial charge in [0, 0.05) is 31.9 Å². The van der Waals surface area contributed by atoms with Crippen molar-refractivity contribution in [2.24, 2.45) is 0 Å². The molecule has 0 spiro atoms. The molecule has 126 valence electrons. The summed E-state index contributed by atoms with van der Waals surface area (Å²) in [7, 11) is 0. The number of carbonyl (C=O) groups excluding carboxylic acids is 1. The van der Waals surface area contributed by atoms with E-state index in [2.05, 4.69) is 10.2 Å². The second-order valence-corrected chi connectivity index (χ2v) is 6.22. The van der Waals surface area contributed by atoms with Crippen LogP contribution in [0.4, 0.5) is 20.6 Å². The van der Waals surface area contributed by atoms with Crippen LogP contribution in [0.25, 0.3) is 0 Å². The van der Waals surface area contributed by atoms with Gasteiger partial charge in [-0.1, -0.05) is 23.7 Å². The van der Waals surface area contributed by atoms with Gasteiger partial charge in [0.2, 0.25) is 0 Å². The van der Waals surface area contributed by atoms with Gasteiger partial charge in [-0.05, 0) is 42.8 Å². The molecule has 1 fully saturated rings. The van der Waals surface area contributed by atoms with Crippen molar-refractivity contribution in [1.29, 1.82) is 0 Å². The number of carbonyl (C=O) groups is 1. The van der Waals surface area contributed by atoms with E-state index in [0.29, 0.717) is 36.9 Å². The Labute approximate surface area is 145 Å². The highest BCUT2D eigenvalue weighted by Crippen LogP contribution is 2.26. The first-order chi connectivity index (χ1) is 11.5. The molecule has 1 aliphatic heterocycles. The highest BCUT2D eigenvalue weighted by atomic mass is 35.5. The van der Waals surface area contributed by atoms with Gasteiger partial charge in [-0.2, -0.15) is 0 Å². The maximum Gasteiger partial charge on any atom is 0.322 e. The van der Waals surface area contributed by atoms with Crippen LogP contribution in [-0.2, 0) is 0 Å². The lowest BCUT2D eigenvalue weighted by Gasteiger charge is -2.36. The topological polar surface area (TPSA) is 35.6 Å². The first kappa shape index (κ1) is 16.6. The van der Waals surface area contributed by atoms with Gasteiger partial charge in [-0.25, -0.2) is 9.18 Å². The van der Waals surface area contributed by atoms with Gasteiger partial charge in [-0.15, -0.1) is 0 Å². The molecule has 6 heteroatoms. The average molecular weight is 348 g/mol. The Morgan fingerprint density at radius 2 is 1.75 bits per heavy atom. The quantitative estimate of drug-likeness (QED) is 0.886. The number of nitrogens with zero attached hydrogens (tertiary/aromatic N) is 2. The number of para-hydroxylation sites is 1. The number of amides is 2. The summed E-state index contributed by atoms with van der Waals surface area (Å²) in [6.45, 7) is 4.54. The number of hydrogen-bond acceptors (Lipinski definition) is 2. The van der Waals surface area contributed by atoms with Gasteiger partial charge in [0.1, 0.15) is 5.82 Å². The molecule has 0 aliphatic carbocycles. The summed E-state index contributed by atoms with van der Waals surface area (Å²) < 4.78 is 13.0. The highest BCUT2D eigenvalue weighted by Gasteiger charge is 2.22. The molecular weight excluding hydrogens is 329 g/mol. The van der Waals surface area contributed by atoms with Crippen LogP contribution < -0.4 is 10.2 Å². The van der Waals surface area contributed by atoms with Crippen LogP contribution >= 0.6 is 11.6 Å². The van der Waals surface area contributed by atoms with Crippen molar-refractivity contribution < 1.29 is 9.18 Å². The van der Waals surface area contributed by atoms with Gasteiger partial charge < -0.3 is 15.1 Å². The molecule has 4 nitrogen and oxygen atoms in total. The number of benzene rings is 2. The van der Waals surface area contributed by atoms with Crippen molar-refractivity contribution >= 4 is 29.0 Å². The maximum absolute atomic E-state index is 13.0. The number of halogens is 2. The van der Waals surface area contributed by atoms with E-state index in [9.17, 15) is 9.18 Å². The minimum absolute atomic E-state index is 0.148. The molecule has 2 aromatic rings. The van der Waals surface area contributed by atoms with Crippen LogP contribution in [0, 0.1) is 12.7 Å². The Bertz CT molecular complexity index is 707. The summed E-state index contributed by atoms with van der Waals surface area (Å²) in [6.07, 6.45) is 0. The molecule has 0 unspecified atom stereocenters. The van der Waals surface area contributed by atoms with E-state index in [-0.39, 0.29) is 11.8 Å². The molecule has 0 radical (unpaired) electrons. The monoisotopic (exact) mass is 347 g/mol. The largest absolute Gasteiger partial charge is 0.368 e. The smallest absolute Gasteiger partial charge is 0.322 e. The third kappa shape index (κ3) is 3.62. The van der Waals surface area contributed by atoms with Crippen LogP contribution in [0.1, 0.15) is 5.56 Å². The first-order valence-electron chi connectivity index (χ1n) is 7.86. The van der Waals surface area contributed by atoms with Gasteiger partial charge in [-0.3, -0.25) is 0 Å². The van der Waals surface area contributed by atoms with E-state index in [1.54, 1.807) is 23.1 Å². The second kappa shape index (κ2) is 7.09. The molecule has 1 aliphatic rings. The summed E-state index contributed by atoms with van der Waals surface area (Å²) in [6, 6.07) is 11.8. The Hall–Kier alpha value is -2.27. The fraction of sp³-hybridized carbons (Fsp3) is 0.278. The first-order valence-corrected chi connectivity index (χ1v) is 8.24. The van der Waals surface area contributed by atoms with Gasteiger partial charge >= 0.3 is 6.03 Å². The highest BCUT2D eigenvalue weighted by molar-refractivity contribution is 6.33. The molecule has 24 heavy (non-hydrogen) atoms. The molecule has 0 bridgehead atoms. The number of urea groups is 1. The maximum atomic E-state index is 13.0. The van der Waals surface area contributed by atoms with Crippen molar-refractivity contribution in [2.75, 3.05) is 36.4 Å². The molecule has 3 rings (SSSR count). The van der Waals surface area contributed by atoms with Crippen LogP contribution in [-0.4, -0.2) is 37.1 Å². The molecule has 0 saturated carbocycles. The lowest BCUT2D eigenvalue weighted by Crippen LogP contribution is -2.50. The third-order valence-electron chi connectivity index (χ3n) is 4.21. The zero-order chi connectivity index (χ0) is 17.1. The molecular formula is C18H19ClFN3O. The van der Waals surface area contributed by atoms with Crippen molar-refractivity contribution in [3.8, 4) is 0 Å². The Balaban J connectivity index is 1.60. The zero-order valence-corrected chi connectivity index (χ0v) is 14.2. The summed E-state index contributed by atoms with van der Waals surface area (Å²) in [5.41, 5.74) is 2.56. The summed E-state index contributed by atoms with van der Waals surface area (Å²) in [5, 5.41) is 3.43. The predicted octanol–water partition coefficient (Wildman–Crippen LogP) is 4.14. The van der Waals surface area contributed by atoms with Crippen molar-refractivity contribution in [2.45, 2.75) is 6.92 Å². The number of rotatable bonds is 2. The molecule has 0 atom stereocenters. The number of anilines is 2. The van der Waals surface area contributed by atoms with Crippen LogP contribution in [0.5, 0.6) is 0 Å². The van der Waals surface area contributed by atoms with Crippen molar-refractivity contribution in [3.05, 3.63) is 58.9 Å². The molecule has 1 N–H and O–H groups in total. The molecule has 0 aromatic heterocycles. The summed E-state index contributed by atoms with van der Waals surface area (Å²) in [4.78, 5) is 16.4. The van der Waals surface area contributed by atoms with Crippen molar-refractivity contribution in [3.63, 3.8) is 0 Å². The number of piperazine rings is 1. The van der Waals surface area contributed by atoms with Crippen LogP contribution in [0.15, 0.2) is 42.5 Å². The fourth-order valence-corrected chi connectivity index (χ4v) is 3.06. The Morgan fingerprint density at radius 3 is 2.38 bits per heavy atom. The van der Waals surface area contributed by atoms with E-state index in [0.717, 1.165) is 11.3 Å². The minimum atomic E-state index is -0.244. The predicted molar refractivity (Wildman–Crippen MR) is 95.4 cm³/mol. The minimum Gasteiger partial charge on any atom is -0.368 e. The van der Waals surface area contributed by atoms with Crippen LogP contribution in [0.3, 0.4) is 0 Å². The molecule has 2 aromatic carbocycles. The summed E-state index contributed by atoms with van der Waals surface area (Å²) >= 11 is 6.16. The van der Waals surface area contributed by atoms with Gasteiger partial charge in [0.25, 0.3) is 0 Å². The van der Waals surface area contributed by atoms with Crippen molar-refractivity contribution in [1.82, 2.24) is 4.90 Å². The normalized spacial score (nSPS) is 14.6. The zero-order valence-electron chi connectivity index (χ0n) is 13.4. The number of hydrogen-bond donors (Lipinski definition) is 1. The van der Waals surface area contributed by atoms with E-state index in [4.69, 9.17) is 11.6 Å². The summed E-state index contributed by atoms with van der Waals surface area (Å²) in [5.74, 6) is -0.244. The molecule has 1 saturated heterocycles. The SMILES string of the molecule is Cc1cccc(Cl)c1NC(=O)N1CCN(c2ccc(F)cc2)CC1. The Morgan fingerprint density at radius 1 is 1.08 bits per heavy atom. The van der Waals surface area contributed by atoms with Crippen LogP contribution in [0.2, 0.25) is 5.02 Å². The molecule has 2 amide bonds. The Kier molecular flexibility index (Phi) is 4.90. The van der Waals surface area contributed by atoms with E-state index in [1.165, 1.54) is 12.1 Å². The second-order valence-electron chi connectivity index (χ2n) is 5.81. The standard InChI is InChI=1S/C18H19ClFN3O/c1-13-3-2-4-16(19)17(13)21-18(24)23-11-9-22(10-12-23)15-7-5-14(20)6-8-15/h2-8H,9-12H2,1H3,(H,21,24). The number of aryl methyl sites for hydroxylation is 1.